The van der Waals surface area contributed by atoms with Gasteiger partial charge in [-0.3, -0.25) is 9.97 Å². The van der Waals surface area contributed by atoms with Gasteiger partial charge in [0.15, 0.2) is 0 Å². The zero-order valence-corrected chi connectivity index (χ0v) is 15.0. The number of rotatable bonds is 3. The van der Waals surface area contributed by atoms with Crippen molar-refractivity contribution in [3.8, 4) is 11.3 Å². The van der Waals surface area contributed by atoms with Crippen LogP contribution in [0.2, 0.25) is 0 Å². The Bertz CT molecular complexity index is 1140. The molecule has 0 saturated heterocycles. The number of nitrogens with zero attached hydrogens (tertiary/aromatic N) is 3. The van der Waals surface area contributed by atoms with E-state index in [1.54, 1.807) is 0 Å². The van der Waals surface area contributed by atoms with E-state index >= 15 is 0 Å². The fraction of sp³-hybridized carbons (Fsp3) is 0.174. The number of benzene rings is 1. The standard InChI is InChI=1S/C23H20N4/c1-2-8-19-16(6-1)11-12-17(25-19)13-14-22-26-21-10-4-3-9-20-18(23(21)27-22)7-5-15-24-20/h1-3,5-9,11-12,15H,4,10,13-14H2,(H,26,27)/b9-3-. The second-order valence-electron chi connectivity index (χ2n) is 6.88. The number of imidazole rings is 1. The first-order valence-electron chi connectivity index (χ1n) is 9.41. The number of allylic oxidation sites excluding steroid dienone is 1. The summed E-state index contributed by atoms with van der Waals surface area (Å²) in [5.74, 6) is 1.02. The number of hydrogen-bond acceptors (Lipinski definition) is 3. The topological polar surface area (TPSA) is 54.5 Å². The second kappa shape index (κ2) is 6.80. The monoisotopic (exact) mass is 352 g/mol. The normalized spacial score (nSPS) is 14.2. The van der Waals surface area contributed by atoms with Crippen molar-refractivity contribution in [2.75, 3.05) is 0 Å². The van der Waals surface area contributed by atoms with Gasteiger partial charge in [0.1, 0.15) is 5.82 Å². The summed E-state index contributed by atoms with van der Waals surface area (Å²) in [5, 5.41) is 1.18. The van der Waals surface area contributed by atoms with Gasteiger partial charge in [-0.15, -0.1) is 0 Å². The van der Waals surface area contributed by atoms with Gasteiger partial charge in [0.05, 0.1) is 16.9 Å². The van der Waals surface area contributed by atoms with Gasteiger partial charge in [-0.25, -0.2) is 4.98 Å². The molecule has 5 rings (SSSR count). The number of aromatic amines is 1. The van der Waals surface area contributed by atoms with Crippen LogP contribution in [0.25, 0.3) is 28.2 Å². The van der Waals surface area contributed by atoms with Crippen molar-refractivity contribution in [2.24, 2.45) is 0 Å². The van der Waals surface area contributed by atoms with Gasteiger partial charge in [-0.2, -0.15) is 0 Å². The van der Waals surface area contributed by atoms with Crippen LogP contribution < -0.4 is 0 Å². The highest BCUT2D eigenvalue weighted by Crippen LogP contribution is 2.28. The molecule has 4 aromatic rings. The fourth-order valence-corrected chi connectivity index (χ4v) is 3.65. The van der Waals surface area contributed by atoms with Crippen molar-refractivity contribution < 1.29 is 0 Å². The van der Waals surface area contributed by atoms with Crippen LogP contribution in [-0.4, -0.2) is 19.9 Å². The summed E-state index contributed by atoms with van der Waals surface area (Å²) in [6, 6.07) is 16.6. The van der Waals surface area contributed by atoms with E-state index in [0.717, 1.165) is 59.7 Å². The summed E-state index contributed by atoms with van der Waals surface area (Å²) >= 11 is 0. The minimum atomic E-state index is 0.849. The van der Waals surface area contributed by atoms with Crippen molar-refractivity contribution in [3.63, 3.8) is 0 Å². The third-order valence-electron chi connectivity index (χ3n) is 5.03. The molecule has 3 heterocycles. The molecule has 1 N–H and O–H groups in total. The predicted octanol–water partition coefficient (Wildman–Crippen LogP) is 4.76. The summed E-state index contributed by atoms with van der Waals surface area (Å²) in [5.41, 5.74) is 6.50. The molecule has 0 radical (unpaired) electrons. The molecule has 0 spiro atoms. The van der Waals surface area contributed by atoms with Crippen LogP contribution in [-0.2, 0) is 19.3 Å². The summed E-state index contributed by atoms with van der Waals surface area (Å²) in [6.07, 6.45) is 9.82. The lowest BCUT2D eigenvalue weighted by Crippen LogP contribution is -1.97. The van der Waals surface area contributed by atoms with Crippen LogP contribution in [0.4, 0.5) is 0 Å². The summed E-state index contributed by atoms with van der Waals surface area (Å²) in [7, 11) is 0. The zero-order valence-electron chi connectivity index (χ0n) is 15.0. The Morgan fingerprint density at radius 2 is 1.89 bits per heavy atom. The first kappa shape index (κ1) is 15.9. The summed E-state index contributed by atoms with van der Waals surface area (Å²) in [4.78, 5) is 17.7. The molecule has 3 aromatic heterocycles. The Hall–Kier alpha value is -3.27. The molecular formula is C23H20N4. The largest absolute Gasteiger partial charge is 0.345 e. The van der Waals surface area contributed by atoms with Gasteiger partial charge in [0.25, 0.3) is 0 Å². The van der Waals surface area contributed by atoms with E-state index in [-0.39, 0.29) is 0 Å². The number of pyridine rings is 2. The zero-order chi connectivity index (χ0) is 18.1. The lowest BCUT2D eigenvalue weighted by Gasteiger charge is -2.07. The number of hydrogen-bond donors (Lipinski definition) is 1. The van der Waals surface area contributed by atoms with Gasteiger partial charge in [-0.05, 0) is 49.6 Å². The van der Waals surface area contributed by atoms with E-state index in [1.165, 1.54) is 11.1 Å². The Labute approximate surface area is 158 Å². The maximum Gasteiger partial charge on any atom is 0.107 e. The quantitative estimate of drug-likeness (QED) is 0.578. The van der Waals surface area contributed by atoms with Crippen LogP contribution in [0.5, 0.6) is 0 Å². The van der Waals surface area contributed by atoms with Gasteiger partial charge < -0.3 is 4.98 Å². The maximum atomic E-state index is 4.91. The summed E-state index contributed by atoms with van der Waals surface area (Å²) < 4.78 is 0. The smallest absolute Gasteiger partial charge is 0.107 e. The van der Waals surface area contributed by atoms with Crippen molar-refractivity contribution >= 4 is 17.0 Å². The second-order valence-corrected chi connectivity index (χ2v) is 6.88. The minimum absolute atomic E-state index is 0.849. The van der Waals surface area contributed by atoms with Crippen molar-refractivity contribution in [1.29, 1.82) is 0 Å². The predicted molar refractivity (Wildman–Crippen MR) is 108 cm³/mol. The molecule has 1 aromatic carbocycles. The van der Waals surface area contributed by atoms with E-state index < -0.39 is 0 Å². The van der Waals surface area contributed by atoms with E-state index in [4.69, 9.17) is 9.97 Å². The highest BCUT2D eigenvalue weighted by Gasteiger charge is 2.16. The minimum Gasteiger partial charge on any atom is -0.345 e. The third-order valence-corrected chi connectivity index (χ3v) is 5.03. The number of para-hydroxylation sites is 1. The SMILES string of the molecule is C1=C\c2ncccc2-c2nc(CCc3ccc4ccccc4n3)[nH]c2CC/1. The fourth-order valence-electron chi connectivity index (χ4n) is 3.65. The molecule has 0 bridgehead atoms. The molecule has 0 unspecified atom stereocenters. The maximum absolute atomic E-state index is 4.91. The molecular weight excluding hydrogens is 332 g/mol. The van der Waals surface area contributed by atoms with Crippen molar-refractivity contribution in [3.05, 3.63) is 83.7 Å². The van der Waals surface area contributed by atoms with Gasteiger partial charge in [0, 0.05) is 35.0 Å². The average molecular weight is 352 g/mol. The molecule has 0 amide bonds. The molecule has 1 aliphatic rings. The first-order valence-corrected chi connectivity index (χ1v) is 9.41. The molecule has 132 valence electrons. The Morgan fingerprint density at radius 3 is 2.89 bits per heavy atom. The molecule has 4 nitrogen and oxygen atoms in total. The third kappa shape index (κ3) is 3.14. The Morgan fingerprint density at radius 1 is 0.926 bits per heavy atom. The molecule has 1 aliphatic carbocycles. The van der Waals surface area contributed by atoms with E-state index in [0.29, 0.717) is 0 Å². The Balaban J connectivity index is 1.42. The number of aryl methyl sites for hydroxylation is 3. The van der Waals surface area contributed by atoms with Crippen LogP contribution in [0.1, 0.15) is 29.3 Å². The number of fused-ring (bicyclic) bond motifs is 4. The number of nitrogens with one attached hydrogen (secondary N) is 1. The van der Waals surface area contributed by atoms with Crippen LogP contribution >= 0.6 is 0 Å². The highest BCUT2D eigenvalue weighted by molar-refractivity contribution is 5.78. The lowest BCUT2D eigenvalue weighted by molar-refractivity contribution is 0.850. The van der Waals surface area contributed by atoms with Crippen molar-refractivity contribution in [2.45, 2.75) is 25.7 Å². The van der Waals surface area contributed by atoms with E-state index in [2.05, 4.69) is 52.5 Å². The molecule has 0 atom stereocenters. The van der Waals surface area contributed by atoms with Crippen molar-refractivity contribution in [1.82, 2.24) is 19.9 Å². The van der Waals surface area contributed by atoms with Crippen LogP contribution in [0.3, 0.4) is 0 Å². The van der Waals surface area contributed by atoms with E-state index in [9.17, 15) is 0 Å². The van der Waals surface area contributed by atoms with Gasteiger partial charge in [0.2, 0.25) is 0 Å². The number of aromatic nitrogens is 4. The average Bonchev–Trinajstić information content (AvgIpc) is 3.10. The van der Waals surface area contributed by atoms with Crippen LogP contribution in [0, 0.1) is 0 Å². The first-order chi connectivity index (χ1) is 13.4. The van der Waals surface area contributed by atoms with Crippen LogP contribution in [0.15, 0.2) is 60.8 Å². The summed E-state index contributed by atoms with van der Waals surface area (Å²) in [6.45, 7) is 0. The highest BCUT2D eigenvalue weighted by atomic mass is 14.9. The molecule has 0 aliphatic heterocycles. The molecule has 4 heteroatoms. The van der Waals surface area contributed by atoms with Gasteiger partial charge >= 0.3 is 0 Å². The van der Waals surface area contributed by atoms with Gasteiger partial charge in [-0.1, -0.05) is 30.3 Å². The molecule has 27 heavy (non-hydrogen) atoms. The Kier molecular flexibility index (Phi) is 4.02. The lowest BCUT2D eigenvalue weighted by atomic mass is 10.0. The van der Waals surface area contributed by atoms with E-state index in [1.807, 2.05) is 24.4 Å². The molecule has 0 saturated carbocycles. The molecule has 0 fully saturated rings. The number of H-pyrrole nitrogens is 1.